The zero-order valence-electron chi connectivity index (χ0n) is 20.2. The van der Waals surface area contributed by atoms with E-state index in [0.717, 1.165) is 64.4 Å². The van der Waals surface area contributed by atoms with Crippen molar-refractivity contribution in [2.24, 2.45) is 17.8 Å². The van der Waals surface area contributed by atoms with Crippen LogP contribution in [0.5, 0.6) is 0 Å². The molecule has 1 saturated carbocycles. The highest BCUT2D eigenvalue weighted by Gasteiger charge is 2.32. The Bertz CT molecular complexity index is 605. The standard InChI is InChI=1S/C27H44O5/c1-3-4-11-21(2)20-23(32-27-14-9-10-19-31-27)17-15-22-16-18-25(28)24(22)12-7-5-6-8-13-26(29)30/h8,13,15,17,21-24,27H,3-7,9-12,14,16,18-20H2,1-2H3,(H,29,30)/b13-8+,17-15+/t21-,22+,23+,24+,27?/m0/s1. The van der Waals surface area contributed by atoms with Crippen molar-refractivity contribution in [3.63, 3.8) is 0 Å². The number of hydrogen-bond donors (Lipinski definition) is 1. The van der Waals surface area contributed by atoms with E-state index in [4.69, 9.17) is 14.6 Å². The molecule has 0 bridgehead atoms. The van der Waals surface area contributed by atoms with Gasteiger partial charge in [-0.15, -0.1) is 0 Å². The molecule has 1 aliphatic heterocycles. The summed E-state index contributed by atoms with van der Waals surface area (Å²) in [6, 6.07) is 0. The average molecular weight is 449 g/mol. The number of carboxylic acids is 1. The molecule has 1 unspecified atom stereocenters. The largest absolute Gasteiger partial charge is 0.478 e. The lowest BCUT2D eigenvalue weighted by Gasteiger charge is -2.28. The van der Waals surface area contributed by atoms with Gasteiger partial charge in [-0.2, -0.15) is 0 Å². The van der Waals surface area contributed by atoms with Crippen molar-refractivity contribution >= 4 is 11.8 Å². The minimum absolute atomic E-state index is 0.0439. The van der Waals surface area contributed by atoms with Crippen LogP contribution < -0.4 is 0 Å². The van der Waals surface area contributed by atoms with Crippen LogP contribution in [0.15, 0.2) is 24.3 Å². The number of unbranched alkanes of at least 4 members (excludes halogenated alkanes) is 3. The first kappa shape index (κ1) is 26.8. The van der Waals surface area contributed by atoms with Crippen molar-refractivity contribution in [2.45, 2.75) is 110 Å². The van der Waals surface area contributed by atoms with Gasteiger partial charge in [-0.25, -0.2) is 4.79 Å². The Kier molecular flexibility index (Phi) is 12.9. The van der Waals surface area contributed by atoms with Crippen LogP contribution in [-0.4, -0.2) is 35.9 Å². The lowest BCUT2D eigenvalue weighted by atomic mass is 9.89. The maximum atomic E-state index is 12.5. The first-order chi connectivity index (χ1) is 15.5. The van der Waals surface area contributed by atoms with Crippen LogP contribution in [0.2, 0.25) is 0 Å². The zero-order valence-corrected chi connectivity index (χ0v) is 20.2. The number of aliphatic carboxylic acids is 1. The van der Waals surface area contributed by atoms with Gasteiger partial charge in [-0.1, -0.05) is 57.8 Å². The minimum Gasteiger partial charge on any atom is -0.478 e. The third-order valence-corrected chi connectivity index (χ3v) is 6.77. The van der Waals surface area contributed by atoms with Gasteiger partial charge >= 0.3 is 5.97 Å². The number of ketones is 1. The number of allylic oxidation sites excluding steroid dienone is 2. The average Bonchev–Trinajstić information content (AvgIpc) is 3.13. The number of rotatable bonds is 15. The minimum atomic E-state index is -0.902. The summed E-state index contributed by atoms with van der Waals surface area (Å²) in [6.45, 7) is 5.33. The van der Waals surface area contributed by atoms with E-state index in [0.29, 0.717) is 24.0 Å². The van der Waals surface area contributed by atoms with Gasteiger partial charge in [0.05, 0.1) is 6.10 Å². The number of Topliss-reactive ketones (excluding diaryl/α,β-unsaturated/α-hetero) is 1. The van der Waals surface area contributed by atoms with Crippen LogP contribution in [-0.2, 0) is 19.1 Å². The Morgan fingerprint density at radius 2 is 2.09 bits per heavy atom. The molecule has 0 amide bonds. The summed E-state index contributed by atoms with van der Waals surface area (Å²) < 4.78 is 12.2. The molecule has 1 saturated heterocycles. The van der Waals surface area contributed by atoms with Crippen LogP contribution in [0.3, 0.4) is 0 Å². The van der Waals surface area contributed by atoms with Gasteiger partial charge in [-0.3, -0.25) is 4.79 Å². The number of carboxylic acid groups (broad SMARTS) is 1. The summed E-state index contributed by atoms with van der Waals surface area (Å²) >= 11 is 0. The van der Waals surface area contributed by atoms with Crippen molar-refractivity contribution in [3.8, 4) is 0 Å². The molecule has 0 radical (unpaired) electrons. The lowest BCUT2D eigenvalue weighted by molar-refractivity contribution is -0.181. The van der Waals surface area contributed by atoms with E-state index in [1.165, 1.54) is 25.3 Å². The molecule has 1 N–H and O–H groups in total. The van der Waals surface area contributed by atoms with Crippen LogP contribution >= 0.6 is 0 Å². The molecule has 2 fully saturated rings. The molecule has 1 aliphatic carbocycles. The summed E-state index contributed by atoms with van der Waals surface area (Å²) in [5.41, 5.74) is 0. The van der Waals surface area contributed by atoms with E-state index in [9.17, 15) is 9.59 Å². The Balaban J connectivity index is 1.89. The van der Waals surface area contributed by atoms with Crippen molar-refractivity contribution in [1.29, 1.82) is 0 Å². The molecule has 1 heterocycles. The molecule has 2 aliphatic rings. The predicted molar refractivity (Wildman–Crippen MR) is 127 cm³/mol. The summed E-state index contributed by atoms with van der Waals surface area (Å²) in [6.07, 6.45) is 20.3. The number of carbonyl (C=O) groups is 2. The zero-order chi connectivity index (χ0) is 23.2. The van der Waals surface area contributed by atoms with Gasteiger partial charge in [-0.05, 0) is 63.2 Å². The fourth-order valence-electron chi connectivity index (χ4n) is 4.88. The maximum Gasteiger partial charge on any atom is 0.327 e. The van der Waals surface area contributed by atoms with Crippen molar-refractivity contribution in [3.05, 3.63) is 24.3 Å². The van der Waals surface area contributed by atoms with Gasteiger partial charge in [0.1, 0.15) is 5.78 Å². The Hall–Kier alpha value is -1.46. The SMILES string of the molecule is CCCC[C@H](C)C[C@@H](/C=C/[C@@H]1CCC(=O)[C@@H]1CCCC/C=C/C(=O)O)OC1CCCCO1. The van der Waals surface area contributed by atoms with Crippen molar-refractivity contribution < 1.29 is 24.2 Å². The van der Waals surface area contributed by atoms with Gasteiger partial charge in [0.25, 0.3) is 0 Å². The first-order valence-electron chi connectivity index (χ1n) is 12.9. The molecule has 0 aromatic heterocycles. The summed E-state index contributed by atoms with van der Waals surface area (Å²) in [7, 11) is 0. The second kappa shape index (κ2) is 15.4. The molecule has 0 spiro atoms. The molecule has 5 nitrogen and oxygen atoms in total. The molecule has 182 valence electrons. The molecular weight excluding hydrogens is 404 g/mol. The highest BCUT2D eigenvalue weighted by molar-refractivity contribution is 5.83. The first-order valence-corrected chi connectivity index (χ1v) is 12.9. The Morgan fingerprint density at radius 3 is 2.81 bits per heavy atom. The second-order valence-corrected chi connectivity index (χ2v) is 9.64. The monoisotopic (exact) mass is 448 g/mol. The summed E-state index contributed by atoms with van der Waals surface area (Å²) in [5, 5.41) is 8.66. The lowest BCUT2D eigenvalue weighted by Crippen LogP contribution is -2.28. The van der Waals surface area contributed by atoms with Gasteiger partial charge in [0.2, 0.25) is 0 Å². The molecule has 5 atom stereocenters. The van der Waals surface area contributed by atoms with Crippen LogP contribution in [0, 0.1) is 17.8 Å². The quantitative estimate of drug-likeness (QED) is 0.177. The third kappa shape index (κ3) is 10.4. The number of carbonyl (C=O) groups excluding carboxylic acids is 1. The van der Waals surface area contributed by atoms with Gasteiger partial charge < -0.3 is 14.6 Å². The molecular formula is C27H44O5. The van der Waals surface area contributed by atoms with E-state index in [1.807, 2.05) is 0 Å². The fourth-order valence-corrected chi connectivity index (χ4v) is 4.88. The fraction of sp³-hybridized carbons (Fsp3) is 0.778. The van der Waals surface area contributed by atoms with E-state index < -0.39 is 5.97 Å². The second-order valence-electron chi connectivity index (χ2n) is 9.64. The smallest absolute Gasteiger partial charge is 0.327 e. The van der Waals surface area contributed by atoms with E-state index in [1.54, 1.807) is 6.08 Å². The van der Waals surface area contributed by atoms with Crippen LogP contribution in [0.25, 0.3) is 0 Å². The topological polar surface area (TPSA) is 72.8 Å². The van der Waals surface area contributed by atoms with Crippen molar-refractivity contribution in [2.75, 3.05) is 6.61 Å². The molecule has 2 rings (SSSR count). The van der Waals surface area contributed by atoms with Gasteiger partial charge in [0.15, 0.2) is 6.29 Å². The third-order valence-electron chi connectivity index (χ3n) is 6.77. The molecule has 0 aromatic rings. The Labute approximate surface area is 194 Å². The predicted octanol–water partition coefficient (Wildman–Crippen LogP) is 6.47. The van der Waals surface area contributed by atoms with Crippen molar-refractivity contribution in [1.82, 2.24) is 0 Å². The van der Waals surface area contributed by atoms with Crippen LogP contribution in [0.1, 0.15) is 97.3 Å². The molecule has 32 heavy (non-hydrogen) atoms. The highest BCUT2D eigenvalue weighted by Crippen LogP contribution is 2.34. The van der Waals surface area contributed by atoms with Gasteiger partial charge in [0, 0.05) is 25.0 Å². The number of ether oxygens (including phenoxy) is 2. The molecule has 5 heteroatoms. The van der Waals surface area contributed by atoms with E-state index in [-0.39, 0.29) is 18.3 Å². The van der Waals surface area contributed by atoms with Crippen LogP contribution in [0.4, 0.5) is 0 Å². The normalized spacial score (nSPS) is 26.2. The molecule has 0 aromatic carbocycles. The summed E-state index contributed by atoms with van der Waals surface area (Å²) in [5.74, 6) is 0.471. The Morgan fingerprint density at radius 1 is 1.25 bits per heavy atom. The van der Waals surface area contributed by atoms with E-state index >= 15 is 0 Å². The number of hydrogen-bond acceptors (Lipinski definition) is 4. The summed E-state index contributed by atoms with van der Waals surface area (Å²) in [4.78, 5) is 23.0. The highest BCUT2D eigenvalue weighted by atomic mass is 16.7. The van der Waals surface area contributed by atoms with E-state index in [2.05, 4.69) is 26.0 Å². The maximum absolute atomic E-state index is 12.5.